The van der Waals surface area contributed by atoms with Crippen molar-refractivity contribution in [2.45, 2.75) is 35.9 Å². The second kappa shape index (κ2) is 6.36. The third-order valence-electron chi connectivity index (χ3n) is 2.81. The Morgan fingerprint density at radius 1 is 1.47 bits per heavy atom. The number of hydrogen-bond acceptors (Lipinski definition) is 5. The normalized spacial score (nSPS) is 12.6. The molecule has 1 unspecified atom stereocenters. The Morgan fingerprint density at radius 2 is 2.26 bits per heavy atom. The molecule has 0 radical (unpaired) electrons. The molecular weight excluding hydrogens is 282 g/mol. The van der Waals surface area contributed by atoms with Gasteiger partial charge < -0.3 is 5.73 Å². The van der Waals surface area contributed by atoms with Gasteiger partial charge in [0.1, 0.15) is 0 Å². The van der Waals surface area contributed by atoms with Crippen molar-refractivity contribution in [3.63, 3.8) is 0 Å². The number of halogens is 1. The molecule has 19 heavy (non-hydrogen) atoms. The minimum Gasteiger partial charge on any atom is -0.327 e. The van der Waals surface area contributed by atoms with Gasteiger partial charge in [-0.05, 0) is 58.8 Å². The van der Waals surface area contributed by atoms with E-state index in [0.717, 1.165) is 33.5 Å². The molecule has 1 aromatic heterocycles. The Balaban J connectivity index is 2.26. The number of aryl methyl sites for hydroxylation is 1. The second-order valence-corrected chi connectivity index (χ2v) is 5.76. The van der Waals surface area contributed by atoms with Crippen LogP contribution in [0.25, 0.3) is 0 Å². The van der Waals surface area contributed by atoms with E-state index >= 15 is 0 Å². The van der Waals surface area contributed by atoms with Gasteiger partial charge in [-0.1, -0.05) is 18.5 Å². The van der Waals surface area contributed by atoms with Gasteiger partial charge in [0, 0.05) is 23.0 Å². The maximum Gasteiger partial charge on any atom is 0.213 e. The highest BCUT2D eigenvalue weighted by Gasteiger charge is 2.12. The van der Waals surface area contributed by atoms with Crippen molar-refractivity contribution in [1.82, 2.24) is 20.2 Å². The van der Waals surface area contributed by atoms with Crippen LogP contribution in [0, 0.1) is 0 Å². The zero-order valence-electron chi connectivity index (χ0n) is 10.9. The van der Waals surface area contributed by atoms with E-state index in [4.69, 9.17) is 17.3 Å². The lowest BCUT2D eigenvalue weighted by Gasteiger charge is -2.13. The van der Waals surface area contributed by atoms with Crippen molar-refractivity contribution in [2.75, 3.05) is 0 Å². The fourth-order valence-corrected chi connectivity index (χ4v) is 2.69. The molecule has 2 aromatic rings. The highest BCUT2D eigenvalue weighted by atomic mass is 35.5. The van der Waals surface area contributed by atoms with Crippen LogP contribution in [0.2, 0.25) is 5.02 Å². The SMILES string of the molecule is CCC(N)Cc1cc(Cl)ccc1Sc1nnnn1C. The van der Waals surface area contributed by atoms with Crippen molar-refractivity contribution in [3.8, 4) is 0 Å². The van der Waals surface area contributed by atoms with Gasteiger partial charge in [-0.2, -0.15) is 0 Å². The van der Waals surface area contributed by atoms with Gasteiger partial charge in [-0.15, -0.1) is 5.10 Å². The zero-order valence-corrected chi connectivity index (χ0v) is 12.4. The summed E-state index contributed by atoms with van der Waals surface area (Å²) in [5, 5.41) is 12.9. The molecular formula is C12H16ClN5S. The highest BCUT2D eigenvalue weighted by Crippen LogP contribution is 2.31. The van der Waals surface area contributed by atoms with Gasteiger partial charge in [-0.3, -0.25) is 0 Å². The summed E-state index contributed by atoms with van der Waals surface area (Å²) >= 11 is 7.58. The molecule has 0 aliphatic heterocycles. The van der Waals surface area contributed by atoms with Crippen LogP contribution in [-0.4, -0.2) is 26.2 Å². The first kappa shape index (κ1) is 14.3. The molecule has 2 N–H and O–H groups in total. The van der Waals surface area contributed by atoms with E-state index in [1.165, 1.54) is 11.8 Å². The molecule has 0 spiro atoms. The summed E-state index contributed by atoms with van der Waals surface area (Å²) < 4.78 is 1.64. The van der Waals surface area contributed by atoms with E-state index in [2.05, 4.69) is 22.4 Å². The fourth-order valence-electron chi connectivity index (χ4n) is 1.64. The first-order valence-electron chi connectivity index (χ1n) is 6.04. The molecule has 1 atom stereocenters. The molecule has 0 bridgehead atoms. The van der Waals surface area contributed by atoms with Crippen molar-refractivity contribution < 1.29 is 0 Å². The van der Waals surface area contributed by atoms with Gasteiger partial charge in [0.15, 0.2) is 0 Å². The van der Waals surface area contributed by atoms with Crippen molar-refractivity contribution >= 4 is 23.4 Å². The van der Waals surface area contributed by atoms with Crippen LogP contribution in [-0.2, 0) is 13.5 Å². The molecule has 0 saturated heterocycles. The Labute approximate surface area is 121 Å². The second-order valence-electron chi connectivity index (χ2n) is 4.31. The van der Waals surface area contributed by atoms with E-state index < -0.39 is 0 Å². The van der Waals surface area contributed by atoms with Crippen molar-refractivity contribution in [3.05, 3.63) is 28.8 Å². The monoisotopic (exact) mass is 297 g/mol. The first-order valence-corrected chi connectivity index (χ1v) is 7.23. The largest absolute Gasteiger partial charge is 0.327 e. The van der Waals surface area contributed by atoms with Crippen LogP contribution in [0.3, 0.4) is 0 Å². The highest BCUT2D eigenvalue weighted by molar-refractivity contribution is 7.99. The topological polar surface area (TPSA) is 69.6 Å². The summed E-state index contributed by atoms with van der Waals surface area (Å²) in [6.45, 7) is 2.08. The average molecular weight is 298 g/mol. The molecule has 7 heteroatoms. The maximum atomic E-state index is 6.06. The van der Waals surface area contributed by atoms with Gasteiger partial charge in [-0.25, -0.2) is 4.68 Å². The third-order valence-corrected chi connectivity index (χ3v) is 4.19. The first-order chi connectivity index (χ1) is 9.10. The number of rotatable bonds is 5. The van der Waals surface area contributed by atoms with Crippen LogP contribution >= 0.6 is 23.4 Å². The quantitative estimate of drug-likeness (QED) is 0.917. The van der Waals surface area contributed by atoms with Crippen molar-refractivity contribution in [1.29, 1.82) is 0 Å². The van der Waals surface area contributed by atoms with E-state index in [1.807, 2.05) is 25.2 Å². The number of nitrogens with two attached hydrogens (primary N) is 1. The smallest absolute Gasteiger partial charge is 0.213 e. The standard InChI is InChI=1S/C12H16ClN5S/c1-3-10(14)7-8-6-9(13)4-5-11(8)19-12-15-16-17-18(12)2/h4-6,10H,3,7,14H2,1-2H3. The lowest BCUT2D eigenvalue weighted by molar-refractivity contribution is 0.640. The Hall–Kier alpha value is -1.11. The summed E-state index contributed by atoms with van der Waals surface area (Å²) in [6, 6.07) is 5.95. The van der Waals surface area contributed by atoms with Gasteiger partial charge >= 0.3 is 0 Å². The Bertz CT molecular complexity index is 557. The zero-order chi connectivity index (χ0) is 13.8. The molecule has 0 amide bonds. The van der Waals surface area contributed by atoms with Crippen LogP contribution in [0.15, 0.2) is 28.3 Å². The Kier molecular flexibility index (Phi) is 4.79. The van der Waals surface area contributed by atoms with Gasteiger partial charge in [0.05, 0.1) is 0 Å². The summed E-state index contributed by atoms with van der Waals surface area (Å²) in [6.07, 6.45) is 1.73. The lowest BCUT2D eigenvalue weighted by Crippen LogP contribution is -2.21. The summed E-state index contributed by atoms with van der Waals surface area (Å²) in [5.41, 5.74) is 7.16. The number of hydrogen-bond donors (Lipinski definition) is 1. The van der Waals surface area contributed by atoms with Crippen LogP contribution in [0.5, 0.6) is 0 Å². The molecule has 102 valence electrons. The third kappa shape index (κ3) is 3.68. The molecule has 0 aliphatic carbocycles. The average Bonchev–Trinajstić information content (AvgIpc) is 2.78. The number of nitrogens with zero attached hydrogens (tertiary/aromatic N) is 4. The summed E-state index contributed by atoms with van der Waals surface area (Å²) in [5.74, 6) is 0. The van der Waals surface area contributed by atoms with E-state index in [-0.39, 0.29) is 6.04 Å². The molecule has 0 fully saturated rings. The molecule has 0 saturated carbocycles. The Morgan fingerprint density at radius 3 is 2.89 bits per heavy atom. The predicted molar refractivity (Wildman–Crippen MR) is 76.3 cm³/mol. The minimum atomic E-state index is 0.135. The molecule has 1 heterocycles. The van der Waals surface area contributed by atoms with E-state index in [0.29, 0.717) is 0 Å². The lowest BCUT2D eigenvalue weighted by atomic mass is 10.0. The molecule has 2 rings (SSSR count). The number of benzene rings is 1. The van der Waals surface area contributed by atoms with Crippen LogP contribution in [0.1, 0.15) is 18.9 Å². The number of tetrazole rings is 1. The van der Waals surface area contributed by atoms with E-state index in [9.17, 15) is 0 Å². The van der Waals surface area contributed by atoms with Gasteiger partial charge in [0.25, 0.3) is 0 Å². The maximum absolute atomic E-state index is 6.06. The van der Waals surface area contributed by atoms with E-state index in [1.54, 1.807) is 4.68 Å². The fraction of sp³-hybridized carbons (Fsp3) is 0.417. The predicted octanol–water partition coefficient (Wildman–Crippen LogP) is 2.29. The minimum absolute atomic E-state index is 0.135. The molecule has 0 aliphatic rings. The summed E-state index contributed by atoms with van der Waals surface area (Å²) in [4.78, 5) is 1.09. The summed E-state index contributed by atoms with van der Waals surface area (Å²) in [7, 11) is 1.82. The molecule has 1 aromatic carbocycles. The van der Waals surface area contributed by atoms with Gasteiger partial charge in [0.2, 0.25) is 5.16 Å². The van der Waals surface area contributed by atoms with Crippen LogP contribution < -0.4 is 5.73 Å². The van der Waals surface area contributed by atoms with Crippen LogP contribution in [0.4, 0.5) is 0 Å². The van der Waals surface area contributed by atoms with Crippen molar-refractivity contribution in [2.24, 2.45) is 12.8 Å². The number of aromatic nitrogens is 4. The molecule has 5 nitrogen and oxygen atoms in total.